The molecular formula is C11H11NO2. The first-order valence-corrected chi connectivity index (χ1v) is 4.31. The zero-order valence-corrected chi connectivity index (χ0v) is 7.99. The van der Waals surface area contributed by atoms with Crippen LogP contribution < -0.4 is 0 Å². The summed E-state index contributed by atoms with van der Waals surface area (Å²) in [7, 11) is 0. The summed E-state index contributed by atoms with van der Waals surface area (Å²) < 4.78 is 4.87. The van der Waals surface area contributed by atoms with Crippen molar-refractivity contribution in [1.29, 1.82) is 5.26 Å². The number of hydrogen-bond donors (Lipinski definition) is 0. The van der Waals surface area contributed by atoms with Crippen LogP contribution in [-0.4, -0.2) is 5.97 Å². The number of nitrogens with zero attached hydrogens (tertiary/aromatic N) is 1. The lowest BCUT2D eigenvalue weighted by molar-refractivity contribution is -0.142. The van der Waals surface area contributed by atoms with Gasteiger partial charge in [0.1, 0.15) is 6.61 Å². The summed E-state index contributed by atoms with van der Waals surface area (Å²) in [6.07, 6.45) is 0.345. The van der Waals surface area contributed by atoms with Crippen molar-refractivity contribution in [1.82, 2.24) is 0 Å². The van der Waals surface area contributed by atoms with Gasteiger partial charge >= 0.3 is 5.97 Å². The van der Waals surface area contributed by atoms with Gasteiger partial charge in [-0.05, 0) is 11.1 Å². The van der Waals surface area contributed by atoms with Crippen molar-refractivity contribution in [3.63, 3.8) is 0 Å². The molecule has 1 aromatic rings. The smallest absolute Gasteiger partial charge is 0.302 e. The summed E-state index contributed by atoms with van der Waals surface area (Å²) in [5.74, 6) is -0.309. The summed E-state index contributed by atoms with van der Waals surface area (Å²) in [6.45, 7) is 1.61. The monoisotopic (exact) mass is 189 g/mol. The van der Waals surface area contributed by atoms with Crippen LogP contribution in [0.15, 0.2) is 24.3 Å². The lowest BCUT2D eigenvalue weighted by atomic mass is 10.1. The summed E-state index contributed by atoms with van der Waals surface area (Å²) in [4.78, 5) is 10.6. The van der Waals surface area contributed by atoms with E-state index in [0.717, 1.165) is 11.1 Å². The van der Waals surface area contributed by atoms with Crippen molar-refractivity contribution in [3.05, 3.63) is 35.4 Å². The molecule has 14 heavy (non-hydrogen) atoms. The maximum absolute atomic E-state index is 10.6. The molecule has 0 aliphatic heterocycles. The van der Waals surface area contributed by atoms with Crippen LogP contribution in [-0.2, 0) is 22.6 Å². The number of carbonyl (C=O) groups is 1. The number of hydrogen-bond acceptors (Lipinski definition) is 3. The number of benzene rings is 1. The predicted octanol–water partition coefficient (Wildman–Crippen LogP) is 1.82. The third-order valence-electron chi connectivity index (χ3n) is 1.82. The molecule has 0 aromatic heterocycles. The van der Waals surface area contributed by atoms with Crippen LogP contribution in [0.2, 0.25) is 0 Å². The van der Waals surface area contributed by atoms with Gasteiger partial charge < -0.3 is 4.74 Å². The quantitative estimate of drug-likeness (QED) is 0.681. The molecule has 0 heterocycles. The molecule has 0 amide bonds. The van der Waals surface area contributed by atoms with Gasteiger partial charge in [0.2, 0.25) is 0 Å². The van der Waals surface area contributed by atoms with E-state index in [1.165, 1.54) is 6.92 Å². The fourth-order valence-electron chi connectivity index (χ4n) is 1.14. The number of nitriles is 1. The summed E-state index contributed by atoms with van der Waals surface area (Å²) >= 11 is 0. The Morgan fingerprint density at radius 2 is 2.07 bits per heavy atom. The summed E-state index contributed by atoms with van der Waals surface area (Å²) in [6, 6.07) is 9.52. The number of carbonyl (C=O) groups excluding carboxylic acids is 1. The molecule has 0 saturated heterocycles. The Balaban J connectivity index is 2.74. The van der Waals surface area contributed by atoms with E-state index < -0.39 is 0 Å². The minimum atomic E-state index is -0.309. The van der Waals surface area contributed by atoms with E-state index in [1.807, 2.05) is 24.3 Å². The second-order valence-corrected chi connectivity index (χ2v) is 2.88. The minimum absolute atomic E-state index is 0.243. The fourth-order valence-corrected chi connectivity index (χ4v) is 1.14. The first-order valence-electron chi connectivity index (χ1n) is 4.31. The lowest BCUT2D eigenvalue weighted by Crippen LogP contribution is -2.01. The van der Waals surface area contributed by atoms with Crippen LogP contribution in [0.5, 0.6) is 0 Å². The second kappa shape index (κ2) is 5.03. The molecular weight excluding hydrogens is 178 g/mol. The Labute approximate surface area is 82.9 Å². The largest absolute Gasteiger partial charge is 0.461 e. The van der Waals surface area contributed by atoms with Gasteiger partial charge in [-0.1, -0.05) is 24.3 Å². The molecule has 0 bridgehead atoms. The van der Waals surface area contributed by atoms with Crippen LogP contribution in [0, 0.1) is 11.3 Å². The number of rotatable bonds is 3. The van der Waals surface area contributed by atoms with Crippen molar-refractivity contribution >= 4 is 5.97 Å². The van der Waals surface area contributed by atoms with Gasteiger partial charge in [0, 0.05) is 6.92 Å². The fraction of sp³-hybridized carbons (Fsp3) is 0.273. The number of esters is 1. The minimum Gasteiger partial charge on any atom is -0.461 e. The third-order valence-corrected chi connectivity index (χ3v) is 1.82. The average molecular weight is 189 g/mol. The Bertz CT molecular complexity index is 366. The zero-order chi connectivity index (χ0) is 10.4. The molecule has 0 radical (unpaired) electrons. The van der Waals surface area contributed by atoms with Gasteiger partial charge in [0.25, 0.3) is 0 Å². The molecule has 3 heteroatoms. The first kappa shape index (κ1) is 10.3. The SMILES string of the molecule is CC(=O)OCc1ccccc1CC#N. The van der Waals surface area contributed by atoms with E-state index in [1.54, 1.807) is 0 Å². The van der Waals surface area contributed by atoms with Crippen LogP contribution >= 0.6 is 0 Å². The molecule has 0 aliphatic carbocycles. The molecule has 3 nitrogen and oxygen atoms in total. The van der Waals surface area contributed by atoms with Gasteiger partial charge in [-0.25, -0.2) is 0 Å². The van der Waals surface area contributed by atoms with Gasteiger partial charge in [-0.2, -0.15) is 5.26 Å². The average Bonchev–Trinajstić information content (AvgIpc) is 2.17. The van der Waals surface area contributed by atoms with E-state index in [-0.39, 0.29) is 12.6 Å². The normalized spacial score (nSPS) is 9.14. The van der Waals surface area contributed by atoms with E-state index >= 15 is 0 Å². The van der Waals surface area contributed by atoms with E-state index in [0.29, 0.717) is 6.42 Å². The number of ether oxygens (including phenoxy) is 1. The molecule has 0 fully saturated rings. The molecule has 0 spiro atoms. The maximum atomic E-state index is 10.6. The van der Waals surface area contributed by atoms with Gasteiger partial charge in [-0.3, -0.25) is 4.79 Å². The summed E-state index contributed by atoms with van der Waals surface area (Å²) in [5.41, 5.74) is 1.81. The molecule has 0 aliphatic rings. The van der Waals surface area contributed by atoms with Crippen LogP contribution in [0.1, 0.15) is 18.1 Å². The Morgan fingerprint density at radius 1 is 1.43 bits per heavy atom. The van der Waals surface area contributed by atoms with E-state index in [4.69, 9.17) is 10.00 Å². The van der Waals surface area contributed by atoms with Gasteiger partial charge in [0.15, 0.2) is 0 Å². The highest BCUT2D eigenvalue weighted by molar-refractivity contribution is 5.65. The molecule has 0 saturated carbocycles. The molecule has 0 atom stereocenters. The highest BCUT2D eigenvalue weighted by Gasteiger charge is 2.02. The predicted molar refractivity (Wildman–Crippen MR) is 51.2 cm³/mol. The van der Waals surface area contributed by atoms with E-state index in [9.17, 15) is 4.79 Å². The molecule has 0 unspecified atom stereocenters. The second-order valence-electron chi connectivity index (χ2n) is 2.88. The van der Waals surface area contributed by atoms with Gasteiger partial charge in [-0.15, -0.1) is 0 Å². The van der Waals surface area contributed by atoms with Crippen LogP contribution in [0.3, 0.4) is 0 Å². The molecule has 1 aromatic carbocycles. The Morgan fingerprint density at radius 3 is 2.64 bits per heavy atom. The standard InChI is InChI=1S/C11H11NO2/c1-9(13)14-8-11-5-3-2-4-10(11)6-7-12/h2-5H,6,8H2,1H3. The first-order chi connectivity index (χ1) is 6.74. The third kappa shape index (κ3) is 2.91. The molecule has 72 valence electrons. The van der Waals surface area contributed by atoms with Crippen LogP contribution in [0.4, 0.5) is 0 Å². The highest BCUT2D eigenvalue weighted by atomic mass is 16.5. The molecule has 0 N–H and O–H groups in total. The maximum Gasteiger partial charge on any atom is 0.302 e. The van der Waals surface area contributed by atoms with Crippen LogP contribution in [0.25, 0.3) is 0 Å². The van der Waals surface area contributed by atoms with Crippen molar-refractivity contribution in [3.8, 4) is 6.07 Å². The topological polar surface area (TPSA) is 50.1 Å². The zero-order valence-electron chi connectivity index (χ0n) is 7.99. The van der Waals surface area contributed by atoms with Crippen molar-refractivity contribution in [2.45, 2.75) is 20.0 Å². The molecule has 1 rings (SSSR count). The van der Waals surface area contributed by atoms with Crippen molar-refractivity contribution in [2.75, 3.05) is 0 Å². The van der Waals surface area contributed by atoms with E-state index in [2.05, 4.69) is 6.07 Å². The lowest BCUT2D eigenvalue weighted by Gasteiger charge is -2.05. The Hall–Kier alpha value is -1.82. The van der Waals surface area contributed by atoms with Crippen molar-refractivity contribution in [2.24, 2.45) is 0 Å². The van der Waals surface area contributed by atoms with Gasteiger partial charge in [0.05, 0.1) is 12.5 Å². The van der Waals surface area contributed by atoms with Crippen molar-refractivity contribution < 1.29 is 9.53 Å². The Kier molecular flexibility index (Phi) is 3.69. The summed E-state index contributed by atoms with van der Waals surface area (Å²) in [5, 5.41) is 8.56. The highest BCUT2D eigenvalue weighted by Crippen LogP contribution is 2.10.